The zero-order valence-electron chi connectivity index (χ0n) is 20.8. The van der Waals surface area contributed by atoms with Crippen molar-refractivity contribution in [2.24, 2.45) is 11.1 Å². The van der Waals surface area contributed by atoms with E-state index in [2.05, 4.69) is 63.5 Å². The van der Waals surface area contributed by atoms with Gasteiger partial charge in [0.25, 0.3) is 0 Å². The molecule has 6 rings (SSSR count). The van der Waals surface area contributed by atoms with Crippen molar-refractivity contribution in [2.45, 2.75) is 25.7 Å². The summed E-state index contributed by atoms with van der Waals surface area (Å²) in [6, 6.07) is 20.9. The van der Waals surface area contributed by atoms with E-state index in [1.165, 1.54) is 22.3 Å². The number of allylic oxidation sites excluding steroid dienone is 2. The number of aromatic nitrogens is 1. The molecule has 2 heterocycles. The summed E-state index contributed by atoms with van der Waals surface area (Å²) in [7, 11) is 1.66. The number of hydrogen-bond donors (Lipinski definition) is 0. The lowest BCUT2D eigenvalue weighted by Crippen LogP contribution is -2.15. The van der Waals surface area contributed by atoms with Crippen LogP contribution in [-0.4, -0.2) is 23.8 Å². The van der Waals surface area contributed by atoms with E-state index in [0.717, 1.165) is 46.4 Å². The number of methoxy groups -OCH3 is 1. The van der Waals surface area contributed by atoms with Crippen molar-refractivity contribution in [2.75, 3.05) is 7.11 Å². The van der Waals surface area contributed by atoms with Crippen molar-refractivity contribution in [1.29, 1.82) is 0 Å². The number of nitrogens with zero attached hydrogens (tertiary/aromatic N) is 2. The Balaban J connectivity index is 1.49. The molecule has 190 valence electrons. The van der Waals surface area contributed by atoms with Gasteiger partial charge in [-0.3, -0.25) is 0 Å². The van der Waals surface area contributed by atoms with Gasteiger partial charge in [0.15, 0.2) is 0 Å². The first kappa shape index (κ1) is 24.6. The molecule has 0 atom stereocenters. The molecule has 0 saturated heterocycles. The Morgan fingerprint density at radius 1 is 1.05 bits per heavy atom. The Kier molecular flexibility index (Phi) is 6.83. The quantitative estimate of drug-likeness (QED) is 0.176. The minimum absolute atomic E-state index is 0.202. The Labute approximate surface area is 230 Å². The van der Waals surface area contributed by atoms with Crippen LogP contribution in [0.4, 0.5) is 0 Å². The summed E-state index contributed by atoms with van der Waals surface area (Å²) in [4.78, 5) is 20.6. The highest BCUT2D eigenvalue weighted by Crippen LogP contribution is 2.47. The standard InChI is InChI=1S/C31H25ClN2O3S/c1-36-24-12-13-25(26(32)17-24)31(20-3-2-4-20)30(22-10-14-28-27(15-22)33-18-38-28)21-8-5-19(6-9-21)7-11-23-16-29(35)37-34-23/h5-15,17-18,20H,2-4,16H2,1H3/b11-7+,31-30+. The van der Waals surface area contributed by atoms with Crippen LogP contribution in [0, 0.1) is 5.92 Å². The molecule has 2 aliphatic rings. The van der Waals surface area contributed by atoms with E-state index < -0.39 is 0 Å². The summed E-state index contributed by atoms with van der Waals surface area (Å²) in [5.74, 6) is 0.833. The first-order valence-corrected chi connectivity index (χ1v) is 13.8. The van der Waals surface area contributed by atoms with Gasteiger partial charge >= 0.3 is 5.97 Å². The van der Waals surface area contributed by atoms with Gasteiger partial charge in [-0.15, -0.1) is 11.3 Å². The summed E-state index contributed by atoms with van der Waals surface area (Å²) >= 11 is 8.53. The van der Waals surface area contributed by atoms with Crippen molar-refractivity contribution < 1.29 is 14.4 Å². The lowest BCUT2D eigenvalue weighted by Gasteiger charge is -2.32. The lowest BCUT2D eigenvalue weighted by atomic mass is 9.73. The molecule has 1 fully saturated rings. The second-order valence-corrected chi connectivity index (χ2v) is 10.8. The van der Waals surface area contributed by atoms with Gasteiger partial charge in [0, 0.05) is 0 Å². The van der Waals surface area contributed by atoms with Crippen LogP contribution < -0.4 is 4.74 Å². The molecule has 1 aromatic heterocycles. The van der Waals surface area contributed by atoms with Gasteiger partial charge in [-0.25, -0.2) is 9.78 Å². The largest absolute Gasteiger partial charge is 0.497 e. The Morgan fingerprint density at radius 3 is 2.55 bits per heavy atom. The molecule has 4 aromatic rings. The molecule has 1 saturated carbocycles. The highest BCUT2D eigenvalue weighted by molar-refractivity contribution is 7.16. The van der Waals surface area contributed by atoms with Crippen molar-refractivity contribution in [3.8, 4) is 5.75 Å². The van der Waals surface area contributed by atoms with E-state index in [9.17, 15) is 4.79 Å². The van der Waals surface area contributed by atoms with Crippen LogP contribution in [0.15, 0.2) is 77.4 Å². The molecule has 38 heavy (non-hydrogen) atoms. The topological polar surface area (TPSA) is 60.8 Å². The number of benzene rings is 3. The Hall–Kier alpha value is -3.74. The Morgan fingerprint density at radius 2 is 1.87 bits per heavy atom. The monoisotopic (exact) mass is 540 g/mol. The van der Waals surface area contributed by atoms with Gasteiger partial charge in [0.2, 0.25) is 0 Å². The van der Waals surface area contributed by atoms with Crippen LogP contribution in [0.5, 0.6) is 5.75 Å². The number of carbonyl (C=O) groups excluding carboxylic acids is 1. The maximum Gasteiger partial charge on any atom is 0.341 e. The molecule has 0 radical (unpaired) electrons. The molecule has 7 heteroatoms. The maximum atomic E-state index is 11.3. The van der Waals surface area contributed by atoms with E-state index in [4.69, 9.17) is 16.3 Å². The summed E-state index contributed by atoms with van der Waals surface area (Å²) in [6.07, 6.45) is 7.44. The molecule has 0 N–H and O–H groups in total. The van der Waals surface area contributed by atoms with Gasteiger partial charge in [-0.1, -0.05) is 59.6 Å². The van der Waals surface area contributed by atoms with Crippen LogP contribution >= 0.6 is 22.9 Å². The fourth-order valence-electron chi connectivity index (χ4n) is 4.95. The normalized spacial score (nSPS) is 16.4. The minimum atomic E-state index is -0.326. The van der Waals surface area contributed by atoms with Gasteiger partial charge in [-0.05, 0) is 88.6 Å². The third kappa shape index (κ3) is 4.89. The average molecular weight is 541 g/mol. The van der Waals surface area contributed by atoms with Crippen LogP contribution in [-0.2, 0) is 9.63 Å². The number of rotatable bonds is 7. The first-order valence-electron chi connectivity index (χ1n) is 12.6. The third-order valence-corrected chi connectivity index (χ3v) is 8.25. The predicted octanol–water partition coefficient (Wildman–Crippen LogP) is 8.03. The first-order chi connectivity index (χ1) is 18.6. The molecular formula is C31H25ClN2O3S. The molecule has 0 bridgehead atoms. The van der Waals surface area contributed by atoms with Crippen molar-refractivity contribution in [1.82, 2.24) is 4.98 Å². The SMILES string of the molecule is COc1ccc(/C(=C(\c2ccc(/C=C/C3=NOC(=O)C3)cc2)c2ccc3scnc3c2)C2CCC2)c(Cl)c1. The van der Waals surface area contributed by atoms with Crippen LogP contribution in [0.2, 0.25) is 5.02 Å². The van der Waals surface area contributed by atoms with Gasteiger partial charge in [0.1, 0.15) is 5.75 Å². The number of oxime groups is 1. The van der Waals surface area contributed by atoms with E-state index in [-0.39, 0.29) is 12.4 Å². The zero-order valence-corrected chi connectivity index (χ0v) is 22.4. The lowest BCUT2D eigenvalue weighted by molar-refractivity contribution is -0.140. The Bertz CT molecular complexity index is 1610. The molecule has 0 amide bonds. The maximum absolute atomic E-state index is 11.3. The number of hydrogen-bond acceptors (Lipinski definition) is 6. The molecule has 0 unspecified atom stereocenters. The van der Waals surface area contributed by atoms with E-state index >= 15 is 0 Å². The molecule has 3 aromatic carbocycles. The van der Waals surface area contributed by atoms with Crippen LogP contribution in [0.25, 0.3) is 27.4 Å². The molecule has 0 spiro atoms. The summed E-state index contributed by atoms with van der Waals surface area (Å²) in [5.41, 5.74) is 10.2. The predicted molar refractivity (Wildman–Crippen MR) is 155 cm³/mol. The highest BCUT2D eigenvalue weighted by atomic mass is 35.5. The number of carbonyl (C=O) groups is 1. The molecule has 1 aliphatic carbocycles. The number of ether oxygens (including phenoxy) is 1. The molecular weight excluding hydrogens is 516 g/mol. The zero-order chi connectivity index (χ0) is 26.1. The number of halogens is 1. The fraction of sp³-hybridized carbons (Fsp3) is 0.194. The van der Waals surface area contributed by atoms with Crippen LogP contribution in [0.1, 0.15) is 47.9 Å². The van der Waals surface area contributed by atoms with E-state index in [1.807, 2.05) is 29.8 Å². The van der Waals surface area contributed by atoms with Crippen molar-refractivity contribution in [3.05, 3.63) is 99.5 Å². The van der Waals surface area contributed by atoms with Gasteiger partial charge in [0.05, 0.1) is 40.0 Å². The number of fused-ring (bicyclic) bond motifs is 1. The van der Waals surface area contributed by atoms with Gasteiger partial charge < -0.3 is 9.57 Å². The van der Waals surface area contributed by atoms with Crippen LogP contribution in [0.3, 0.4) is 0 Å². The second-order valence-electron chi connectivity index (χ2n) is 9.48. The molecule has 1 aliphatic heterocycles. The van der Waals surface area contributed by atoms with Crippen molar-refractivity contribution in [3.63, 3.8) is 0 Å². The third-order valence-electron chi connectivity index (χ3n) is 7.13. The van der Waals surface area contributed by atoms with Crippen molar-refractivity contribution >= 4 is 62.1 Å². The average Bonchev–Trinajstić information content (AvgIpc) is 3.55. The number of thiazole rings is 1. The summed E-state index contributed by atoms with van der Waals surface area (Å²) < 4.78 is 6.59. The van der Waals surface area contributed by atoms with E-state index in [0.29, 0.717) is 16.7 Å². The minimum Gasteiger partial charge on any atom is -0.497 e. The highest BCUT2D eigenvalue weighted by Gasteiger charge is 2.29. The smallest absolute Gasteiger partial charge is 0.341 e. The van der Waals surface area contributed by atoms with Gasteiger partial charge in [-0.2, -0.15) is 0 Å². The second kappa shape index (κ2) is 10.6. The molecule has 5 nitrogen and oxygen atoms in total. The summed E-state index contributed by atoms with van der Waals surface area (Å²) in [5, 5.41) is 4.48. The van der Waals surface area contributed by atoms with E-state index in [1.54, 1.807) is 18.4 Å². The fourth-order valence-corrected chi connectivity index (χ4v) is 5.88. The summed E-state index contributed by atoms with van der Waals surface area (Å²) in [6.45, 7) is 0.